The Morgan fingerprint density at radius 3 is 2.67 bits per heavy atom. The molecule has 0 fully saturated rings. The molecule has 0 spiro atoms. The van der Waals surface area contributed by atoms with E-state index in [2.05, 4.69) is 5.32 Å². The lowest BCUT2D eigenvalue weighted by Gasteiger charge is -2.17. The van der Waals surface area contributed by atoms with Crippen molar-refractivity contribution in [1.29, 1.82) is 0 Å². The van der Waals surface area contributed by atoms with Crippen LogP contribution in [0, 0.1) is 5.82 Å². The highest BCUT2D eigenvalue weighted by molar-refractivity contribution is 7.89. The van der Waals surface area contributed by atoms with Gasteiger partial charge in [0.05, 0.1) is 12.6 Å². The Kier molecular flexibility index (Phi) is 6.25. The number of nitrogens with two attached hydrogens (primary N) is 1. The van der Waals surface area contributed by atoms with E-state index in [-0.39, 0.29) is 11.6 Å². The molecule has 0 saturated heterocycles. The summed E-state index contributed by atoms with van der Waals surface area (Å²) in [6, 6.07) is 2.83. The van der Waals surface area contributed by atoms with Gasteiger partial charge in [0.25, 0.3) is 5.91 Å². The van der Waals surface area contributed by atoms with Crippen LogP contribution in [-0.4, -0.2) is 34.1 Å². The van der Waals surface area contributed by atoms with Crippen molar-refractivity contribution in [2.24, 2.45) is 5.14 Å². The molecular formula is C13H19FN2O4S. The molecule has 1 aromatic rings. The molecule has 1 rings (SSSR count). The fourth-order valence-corrected chi connectivity index (χ4v) is 2.51. The molecule has 118 valence electrons. The Morgan fingerprint density at radius 1 is 1.48 bits per heavy atom. The Balaban J connectivity index is 2.97. The Bertz CT molecular complexity index is 598. The summed E-state index contributed by atoms with van der Waals surface area (Å²) in [5, 5.41) is 7.62. The van der Waals surface area contributed by atoms with E-state index in [1.807, 2.05) is 6.92 Å². The Morgan fingerprint density at radius 2 is 2.14 bits per heavy atom. The van der Waals surface area contributed by atoms with Crippen molar-refractivity contribution in [3.63, 3.8) is 0 Å². The number of carbonyl (C=O) groups excluding carboxylic acids is 1. The number of halogens is 1. The fraction of sp³-hybridized carbons (Fsp3) is 0.462. The maximum Gasteiger partial charge on any atom is 0.251 e. The summed E-state index contributed by atoms with van der Waals surface area (Å²) >= 11 is 0. The summed E-state index contributed by atoms with van der Waals surface area (Å²) in [6.45, 7) is 2.30. The zero-order valence-electron chi connectivity index (χ0n) is 11.9. The molecule has 8 heteroatoms. The summed E-state index contributed by atoms with van der Waals surface area (Å²) in [5.41, 5.74) is 0.0256. The minimum atomic E-state index is -4.22. The highest BCUT2D eigenvalue weighted by Gasteiger charge is 2.19. The maximum atomic E-state index is 13.4. The van der Waals surface area contributed by atoms with E-state index in [1.165, 1.54) is 13.2 Å². The number of benzene rings is 1. The normalized spacial score (nSPS) is 13.0. The van der Waals surface area contributed by atoms with Crippen molar-refractivity contribution in [1.82, 2.24) is 5.32 Å². The second kappa shape index (κ2) is 7.48. The van der Waals surface area contributed by atoms with Gasteiger partial charge in [0.2, 0.25) is 10.0 Å². The number of methoxy groups -OCH3 is 1. The second-order valence-corrected chi connectivity index (χ2v) is 6.13. The van der Waals surface area contributed by atoms with Gasteiger partial charge < -0.3 is 10.1 Å². The van der Waals surface area contributed by atoms with Gasteiger partial charge in [-0.25, -0.2) is 17.9 Å². The van der Waals surface area contributed by atoms with Crippen LogP contribution < -0.4 is 10.5 Å². The lowest BCUT2D eigenvalue weighted by atomic mass is 10.1. The smallest absolute Gasteiger partial charge is 0.251 e. The van der Waals surface area contributed by atoms with Gasteiger partial charge in [-0.3, -0.25) is 4.79 Å². The molecule has 21 heavy (non-hydrogen) atoms. The van der Waals surface area contributed by atoms with E-state index < -0.39 is 26.6 Å². The van der Waals surface area contributed by atoms with E-state index in [4.69, 9.17) is 9.88 Å². The molecule has 1 amide bonds. The average molecular weight is 318 g/mol. The SMILES string of the molecule is CCCC(COC)NC(=O)c1ccc(F)c(S(N)(=O)=O)c1. The van der Waals surface area contributed by atoms with Crippen LogP contribution in [-0.2, 0) is 14.8 Å². The third-order valence-electron chi connectivity index (χ3n) is 2.84. The minimum absolute atomic E-state index is 0.0256. The van der Waals surface area contributed by atoms with Crippen molar-refractivity contribution in [2.75, 3.05) is 13.7 Å². The quantitative estimate of drug-likeness (QED) is 0.784. The van der Waals surface area contributed by atoms with Gasteiger partial charge in [-0.1, -0.05) is 13.3 Å². The topological polar surface area (TPSA) is 98.5 Å². The molecule has 0 saturated carbocycles. The van der Waals surface area contributed by atoms with Gasteiger partial charge in [-0.2, -0.15) is 0 Å². The number of amides is 1. The Labute approximate surface area is 123 Å². The zero-order chi connectivity index (χ0) is 16.0. The molecular weight excluding hydrogens is 299 g/mol. The molecule has 0 aromatic heterocycles. The first-order valence-electron chi connectivity index (χ1n) is 6.41. The first-order chi connectivity index (χ1) is 9.79. The molecule has 1 unspecified atom stereocenters. The highest BCUT2D eigenvalue weighted by atomic mass is 32.2. The van der Waals surface area contributed by atoms with Crippen LogP contribution in [0.5, 0.6) is 0 Å². The number of ether oxygens (including phenoxy) is 1. The van der Waals surface area contributed by atoms with Crippen molar-refractivity contribution in [3.8, 4) is 0 Å². The predicted molar refractivity (Wildman–Crippen MR) is 75.8 cm³/mol. The molecule has 0 aliphatic rings. The van der Waals surface area contributed by atoms with Gasteiger partial charge >= 0.3 is 0 Å². The van der Waals surface area contributed by atoms with Gasteiger partial charge in [0.15, 0.2) is 0 Å². The lowest BCUT2D eigenvalue weighted by molar-refractivity contribution is 0.0891. The molecule has 0 bridgehead atoms. The van der Waals surface area contributed by atoms with Crippen LogP contribution in [0.15, 0.2) is 23.1 Å². The summed E-state index contributed by atoms with van der Waals surface area (Å²) < 4.78 is 40.9. The largest absolute Gasteiger partial charge is 0.383 e. The van der Waals surface area contributed by atoms with Crippen LogP contribution >= 0.6 is 0 Å². The predicted octanol–water partition coefficient (Wildman–Crippen LogP) is 1.02. The van der Waals surface area contributed by atoms with E-state index in [1.54, 1.807) is 0 Å². The average Bonchev–Trinajstić information content (AvgIpc) is 2.38. The summed E-state index contributed by atoms with van der Waals surface area (Å²) in [6.07, 6.45) is 1.56. The number of sulfonamides is 1. The zero-order valence-corrected chi connectivity index (χ0v) is 12.7. The molecule has 0 radical (unpaired) electrons. The van der Waals surface area contributed by atoms with E-state index in [9.17, 15) is 17.6 Å². The van der Waals surface area contributed by atoms with Crippen molar-refractivity contribution >= 4 is 15.9 Å². The molecule has 1 aromatic carbocycles. The summed E-state index contributed by atoms with van der Waals surface area (Å²) in [4.78, 5) is 11.4. The number of hydrogen-bond acceptors (Lipinski definition) is 4. The van der Waals surface area contributed by atoms with E-state index in [0.29, 0.717) is 13.0 Å². The maximum absolute atomic E-state index is 13.4. The molecule has 0 heterocycles. The third kappa shape index (κ3) is 5.07. The molecule has 6 nitrogen and oxygen atoms in total. The van der Waals surface area contributed by atoms with Gasteiger partial charge in [0, 0.05) is 12.7 Å². The monoisotopic (exact) mass is 318 g/mol. The Hall–Kier alpha value is -1.51. The molecule has 3 N–H and O–H groups in total. The van der Waals surface area contributed by atoms with Crippen LogP contribution in [0.25, 0.3) is 0 Å². The minimum Gasteiger partial charge on any atom is -0.383 e. The summed E-state index contributed by atoms with van der Waals surface area (Å²) in [5.74, 6) is -1.49. The van der Waals surface area contributed by atoms with Gasteiger partial charge in [-0.15, -0.1) is 0 Å². The number of primary sulfonamides is 1. The van der Waals surface area contributed by atoms with Crippen molar-refractivity contribution in [3.05, 3.63) is 29.6 Å². The standard InChI is InChI=1S/C13H19FN2O4S/c1-3-4-10(8-20-2)16-13(17)9-5-6-11(14)12(7-9)21(15,18)19/h5-7,10H,3-4,8H2,1-2H3,(H,16,17)(H2,15,18,19). The summed E-state index contributed by atoms with van der Waals surface area (Å²) in [7, 11) is -2.70. The second-order valence-electron chi connectivity index (χ2n) is 4.60. The van der Waals surface area contributed by atoms with Gasteiger partial charge in [0.1, 0.15) is 10.7 Å². The first-order valence-corrected chi connectivity index (χ1v) is 7.96. The number of rotatable bonds is 7. The van der Waals surface area contributed by atoms with E-state index in [0.717, 1.165) is 18.6 Å². The van der Waals surface area contributed by atoms with Crippen LogP contribution in [0.4, 0.5) is 4.39 Å². The van der Waals surface area contributed by atoms with Gasteiger partial charge in [-0.05, 0) is 24.6 Å². The third-order valence-corrected chi connectivity index (χ3v) is 3.77. The lowest BCUT2D eigenvalue weighted by Crippen LogP contribution is -2.38. The molecule has 0 aliphatic carbocycles. The highest BCUT2D eigenvalue weighted by Crippen LogP contribution is 2.15. The van der Waals surface area contributed by atoms with Crippen LogP contribution in [0.3, 0.4) is 0 Å². The molecule has 0 aliphatic heterocycles. The van der Waals surface area contributed by atoms with E-state index >= 15 is 0 Å². The van der Waals surface area contributed by atoms with Crippen LogP contribution in [0.2, 0.25) is 0 Å². The van der Waals surface area contributed by atoms with Crippen molar-refractivity contribution in [2.45, 2.75) is 30.7 Å². The molecule has 1 atom stereocenters. The van der Waals surface area contributed by atoms with Crippen LogP contribution in [0.1, 0.15) is 30.1 Å². The number of nitrogens with one attached hydrogen (secondary N) is 1. The van der Waals surface area contributed by atoms with Crippen molar-refractivity contribution < 1.29 is 22.3 Å². The number of carbonyl (C=O) groups is 1. The first kappa shape index (κ1) is 17.5. The fourth-order valence-electron chi connectivity index (χ4n) is 1.88. The number of hydrogen-bond donors (Lipinski definition) is 2.